The van der Waals surface area contributed by atoms with E-state index >= 15 is 0 Å². The second-order valence-electron chi connectivity index (χ2n) is 26.5. The van der Waals surface area contributed by atoms with Gasteiger partial charge in [-0.25, -0.2) is 17.6 Å². The third-order valence-corrected chi connectivity index (χ3v) is 19.4. The molecular weight excluding hydrogens is 1440 g/mol. The number of fused-ring (bicyclic) bond motifs is 4. The third kappa shape index (κ3) is 26.2. The number of alkyl halides is 12. The molecule has 32 heteroatoms. The molecular formula is C68H92F16O12S4. The Morgan fingerprint density at radius 3 is 0.760 bits per heavy atom. The van der Waals surface area contributed by atoms with Gasteiger partial charge in [-0.3, -0.25) is 26.4 Å². The number of carbonyl (C=O) groups is 2. The van der Waals surface area contributed by atoms with E-state index in [0.29, 0.717) is 108 Å². The van der Waals surface area contributed by atoms with Gasteiger partial charge in [0.25, 0.3) is 0 Å². The maximum atomic E-state index is 13.8. The van der Waals surface area contributed by atoms with Crippen LogP contribution in [0.1, 0.15) is 154 Å². The number of ketones is 2. The zero-order valence-electron chi connectivity index (χ0n) is 56.6. The Kier molecular flexibility index (Phi) is 33.9. The first-order valence-corrected chi connectivity index (χ1v) is 37.2. The maximum Gasteiger partial charge on any atom is 0.450 e. The number of hydrogen-bond acceptors (Lipinski definition) is 12. The van der Waals surface area contributed by atoms with Crippen molar-refractivity contribution in [3.63, 3.8) is 0 Å². The maximum absolute atomic E-state index is 13.8. The van der Waals surface area contributed by atoms with Crippen LogP contribution in [-0.2, 0) is 100 Å². The second kappa shape index (κ2) is 36.5. The SMILES string of the molecule is C.C.CC(C)(CC(=O)C(F)(F)F)c1cc(F)cc2c1OCC2.CC(C)(CC(=O)C(F)(F)F)c1cc(F)cc2c1OCC2.CC[S@@](C)=O.CC[S@](C)=O.C[S@@](=O)C[C@@](O)(CC(C)(C)c1cc(F)cc2c1OCC2)C(F)(F)F.C[S@](=O)C[C@](O)(CC(C)(C)c1cc(F)cc2c1OCC2)C(F)(F)F. The van der Waals surface area contributed by atoms with Crippen LogP contribution in [0.4, 0.5) is 70.2 Å². The van der Waals surface area contributed by atoms with Gasteiger partial charge in [0.05, 0.1) is 37.9 Å². The average Bonchev–Trinajstić information content (AvgIpc) is 1.40. The Morgan fingerprint density at radius 2 is 0.590 bits per heavy atom. The molecule has 0 amide bonds. The highest BCUT2D eigenvalue weighted by Gasteiger charge is 2.58. The number of rotatable bonds is 18. The zero-order chi connectivity index (χ0) is 75.5. The summed E-state index contributed by atoms with van der Waals surface area (Å²) in [6.07, 6.45) is -15.0. The molecule has 12 nitrogen and oxygen atoms in total. The Labute approximate surface area is 584 Å². The Hall–Kier alpha value is -5.18. The molecule has 8 rings (SSSR count). The molecule has 0 fully saturated rings. The number of hydrogen-bond donors (Lipinski definition) is 2. The summed E-state index contributed by atoms with van der Waals surface area (Å²) in [5.41, 5.74) is -7.39. The molecule has 0 aromatic heterocycles. The van der Waals surface area contributed by atoms with Crippen molar-refractivity contribution in [2.24, 2.45) is 0 Å². The molecule has 0 bridgehead atoms. The first-order valence-electron chi connectivity index (χ1n) is 30.3. The van der Waals surface area contributed by atoms with Gasteiger partial charge in [0.1, 0.15) is 46.3 Å². The van der Waals surface area contributed by atoms with E-state index in [1.54, 1.807) is 12.5 Å². The number of aliphatic hydroxyl groups is 2. The summed E-state index contributed by atoms with van der Waals surface area (Å²) in [6, 6.07) is 9.81. The smallest absolute Gasteiger partial charge is 0.450 e. The number of ether oxygens (including phenoxy) is 4. The lowest BCUT2D eigenvalue weighted by atomic mass is 9.74. The van der Waals surface area contributed by atoms with Crippen molar-refractivity contribution >= 4 is 54.8 Å². The molecule has 4 heterocycles. The van der Waals surface area contributed by atoms with Crippen molar-refractivity contribution in [1.29, 1.82) is 0 Å². The van der Waals surface area contributed by atoms with Gasteiger partial charge in [0, 0.05) is 174 Å². The standard InChI is InChI=1S/2C16H20F4O3S.2C14H14F4O2.2C3H8OS.2CH4/c2*1-14(2,8-15(21,9-24(3)22)16(18,19)20)12-7-11(17)6-10-4-5-23-13(10)12;2*1-13(2,7-11(19)14(16,17)18)10-6-9(15)5-8-3-4-20-12(8)10;2*1-3-5(2)4;;/h2*6-7,21H,4-5,8-9H2,1-3H3;2*5-6H,3-4,7H2,1-2H3;2*3H2,1-2H3;2*1H4/t2*15-,24+;;;2*5-;;/m10..10../s1. The van der Waals surface area contributed by atoms with Crippen molar-refractivity contribution in [1.82, 2.24) is 0 Å². The van der Waals surface area contributed by atoms with E-state index in [1.165, 1.54) is 79.7 Å². The van der Waals surface area contributed by atoms with Gasteiger partial charge >= 0.3 is 24.7 Å². The fraction of sp³-hybridized carbons (Fsp3) is 0.618. The number of halogens is 16. The van der Waals surface area contributed by atoms with Gasteiger partial charge in [-0.1, -0.05) is 84.1 Å². The summed E-state index contributed by atoms with van der Waals surface area (Å²) in [7, 11) is -4.85. The molecule has 572 valence electrons. The molecule has 0 saturated heterocycles. The molecule has 6 atom stereocenters. The fourth-order valence-electron chi connectivity index (χ4n) is 11.1. The highest BCUT2D eigenvalue weighted by Crippen LogP contribution is 2.49. The van der Waals surface area contributed by atoms with Gasteiger partial charge in [0.15, 0.2) is 11.2 Å². The first-order chi connectivity index (χ1) is 44.5. The molecule has 0 saturated carbocycles. The lowest BCUT2D eigenvalue weighted by Gasteiger charge is -2.38. The lowest BCUT2D eigenvalue weighted by Crippen LogP contribution is -2.52. The molecule has 0 radical (unpaired) electrons. The number of Topliss-reactive ketones (excluding diaryl/α,β-unsaturated/α-hetero) is 2. The van der Waals surface area contributed by atoms with E-state index in [9.17, 15) is 107 Å². The van der Waals surface area contributed by atoms with Crippen LogP contribution in [0.25, 0.3) is 0 Å². The highest BCUT2D eigenvalue weighted by molar-refractivity contribution is 7.84. The molecule has 4 aliphatic heterocycles. The Balaban J connectivity index is 0.000000634. The highest BCUT2D eigenvalue weighted by atomic mass is 32.2. The minimum Gasteiger partial charge on any atom is -0.493 e. The Morgan fingerprint density at radius 1 is 0.390 bits per heavy atom. The summed E-state index contributed by atoms with van der Waals surface area (Å²) in [5.74, 6) is -4.55. The summed E-state index contributed by atoms with van der Waals surface area (Å²) < 4.78 is 274. The van der Waals surface area contributed by atoms with Gasteiger partial charge in [-0.05, 0) is 72.2 Å². The predicted molar refractivity (Wildman–Crippen MR) is 358 cm³/mol. The van der Waals surface area contributed by atoms with Gasteiger partial charge in [-0.2, -0.15) is 52.7 Å². The van der Waals surface area contributed by atoms with Crippen molar-refractivity contribution < 1.29 is 126 Å². The van der Waals surface area contributed by atoms with Gasteiger partial charge < -0.3 is 29.2 Å². The molecule has 0 spiro atoms. The molecule has 4 aromatic rings. The molecule has 0 unspecified atom stereocenters. The number of carbonyl (C=O) groups excluding carboxylic acids is 2. The van der Waals surface area contributed by atoms with Gasteiger partial charge in [-0.15, -0.1) is 0 Å². The predicted octanol–water partition coefficient (Wildman–Crippen LogP) is 15.4. The lowest BCUT2D eigenvalue weighted by molar-refractivity contribution is -0.257. The van der Waals surface area contributed by atoms with E-state index in [1.807, 2.05) is 13.8 Å². The fourth-order valence-corrected chi connectivity index (χ4v) is 12.9. The molecule has 4 aliphatic rings. The second-order valence-corrected chi connectivity index (χ2v) is 32.8. The van der Waals surface area contributed by atoms with Crippen LogP contribution in [0, 0.1) is 23.3 Å². The van der Waals surface area contributed by atoms with Crippen LogP contribution in [-0.4, -0.2) is 149 Å². The summed E-state index contributed by atoms with van der Waals surface area (Å²) >= 11 is 0. The van der Waals surface area contributed by atoms with E-state index in [4.69, 9.17) is 18.9 Å². The summed E-state index contributed by atoms with van der Waals surface area (Å²) in [4.78, 5) is 22.4. The topological polar surface area (TPSA) is 180 Å². The van der Waals surface area contributed by atoms with Crippen molar-refractivity contribution in [2.45, 2.75) is 193 Å². The first kappa shape index (κ1) is 92.8. The molecule has 4 aromatic carbocycles. The van der Waals surface area contributed by atoms with E-state index in [0.717, 1.165) is 48.3 Å². The van der Waals surface area contributed by atoms with Crippen molar-refractivity contribution in [2.75, 3.05) is 74.5 Å². The Bertz CT molecular complexity index is 3310. The average molecular weight is 1530 g/mol. The van der Waals surface area contributed by atoms with Crippen LogP contribution in [0.2, 0.25) is 0 Å². The van der Waals surface area contributed by atoms with Crippen LogP contribution in [0.15, 0.2) is 48.5 Å². The van der Waals surface area contributed by atoms with Crippen LogP contribution in [0.3, 0.4) is 0 Å². The van der Waals surface area contributed by atoms with E-state index in [-0.39, 0.29) is 26.0 Å². The van der Waals surface area contributed by atoms with E-state index in [2.05, 4.69) is 0 Å². The summed E-state index contributed by atoms with van der Waals surface area (Å²) in [5, 5.41) is 20.4. The van der Waals surface area contributed by atoms with Gasteiger partial charge in [0.2, 0.25) is 11.6 Å². The van der Waals surface area contributed by atoms with Crippen LogP contribution >= 0.6 is 0 Å². The largest absolute Gasteiger partial charge is 0.493 e. The monoisotopic (exact) mass is 1530 g/mol. The molecule has 2 N–H and O–H groups in total. The quantitative estimate of drug-likeness (QED) is 0.0902. The third-order valence-electron chi connectivity index (χ3n) is 16.0. The van der Waals surface area contributed by atoms with E-state index < -0.39 is 173 Å². The van der Waals surface area contributed by atoms with Crippen LogP contribution in [0.5, 0.6) is 23.0 Å². The molecule has 100 heavy (non-hydrogen) atoms. The number of benzene rings is 4. The van der Waals surface area contributed by atoms with Crippen molar-refractivity contribution in [3.8, 4) is 23.0 Å². The zero-order valence-corrected chi connectivity index (χ0v) is 59.9. The minimum atomic E-state index is -4.95. The minimum absolute atomic E-state index is 0. The normalized spacial score (nSPS) is 16.4. The van der Waals surface area contributed by atoms with Crippen molar-refractivity contribution in [3.05, 3.63) is 116 Å². The molecule has 0 aliphatic carbocycles. The van der Waals surface area contributed by atoms with Crippen LogP contribution < -0.4 is 18.9 Å². The summed E-state index contributed by atoms with van der Waals surface area (Å²) in [6.45, 7) is 17.1.